The second-order valence-corrected chi connectivity index (χ2v) is 11.9. The minimum absolute atomic E-state index is 0.0529. The van der Waals surface area contributed by atoms with Gasteiger partial charge in [-0.2, -0.15) is 4.98 Å². The summed E-state index contributed by atoms with van der Waals surface area (Å²) in [6, 6.07) is 8.40. The third kappa shape index (κ3) is 7.74. The van der Waals surface area contributed by atoms with Crippen molar-refractivity contribution in [1.82, 2.24) is 20.2 Å². The number of nitrogens with zero attached hydrogens (tertiary/aromatic N) is 4. The van der Waals surface area contributed by atoms with E-state index in [0.29, 0.717) is 73.9 Å². The zero-order valence-corrected chi connectivity index (χ0v) is 25.7. The maximum absolute atomic E-state index is 12.9. The van der Waals surface area contributed by atoms with Gasteiger partial charge >= 0.3 is 6.03 Å². The molecule has 2 aliphatic heterocycles. The summed E-state index contributed by atoms with van der Waals surface area (Å²) in [5, 5.41) is 9.67. The summed E-state index contributed by atoms with van der Waals surface area (Å²) in [4.78, 5) is 51.9. The zero-order chi connectivity index (χ0) is 31.1. The van der Waals surface area contributed by atoms with Gasteiger partial charge in [-0.15, -0.1) is 11.3 Å². The van der Waals surface area contributed by atoms with Crippen LogP contribution in [0.4, 0.5) is 27.1 Å². The SMILES string of the molecule is CCCOc1nc(N2CCC[C@@H](NC(=O)Nc3ncc(C)s3)C2)cc(Nc2ccc(C(=O)N3CCOCC3)cc2)c1C(N)=O. The molecule has 2 saturated heterocycles. The Hall–Kier alpha value is -4.43. The van der Waals surface area contributed by atoms with Crippen LogP contribution in [0.5, 0.6) is 5.88 Å². The number of hydrogen-bond donors (Lipinski definition) is 4. The normalized spacial score (nSPS) is 16.7. The molecule has 234 valence electrons. The summed E-state index contributed by atoms with van der Waals surface area (Å²) < 4.78 is 11.3. The predicted octanol–water partition coefficient (Wildman–Crippen LogP) is 3.74. The number of pyridine rings is 1. The van der Waals surface area contributed by atoms with Crippen LogP contribution in [0.25, 0.3) is 0 Å². The molecule has 1 atom stereocenters. The van der Waals surface area contributed by atoms with E-state index in [2.05, 4.69) is 25.8 Å². The lowest BCUT2D eigenvalue weighted by Gasteiger charge is -2.34. The van der Waals surface area contributed by atoms with Crippen LogP contribution in [0, 0.1) is 6.92 Å². The van der Waals surface area contributed by atoms with Gasteiger partial charge in [0.25, 0.3) is 11.8 Å². The number of primary amides is 1. The number of urea groups is 1. The maximum Gasteiger partial charge on any atom is 0.321 e. The van der Waals surface area contributed by atoms with Crippen LogP contribution in [0.15, 0.2) is 36.5 Å². The predicted molar refractivity (Wildman–Crippen MR) is 169 cm³/mol. The van der Waals surface area contributed by atoms with Crippen LogP contribution in [0.3, 0.4) is 0 Å². The average Bonchev–Trinajstić information content (AvgIpc) is 3.44. The van der Waals surface area contributed by atoms with Crippen LogP contribution < -0.4 is 31.3 Å². The second kappa shape index (κ2) is 14.4. The summed E-state index contributed by atoms with van der Waals surface area (Å²) in [5.41, 5.74) is 7.63. The monoisotopic (exact) mass is 622 g/mol. The van der Waals surface area contributed by atoms with E-state index in [1.54, 1.807) is 41.4 Å². The Labute approximate surface area is 260 Å². The van der Waals surface area contributed by atoms with E-state index in [0.717, 1.165) is 24.1 Å². The first-order valence-electron chi connectivity index (χ1n) is 14.8. The fraction of sp³-hybridized carbons (Fsp3) is 0.433. The summed E-state index contributed by atoms with van der Waals surface area (Å²) in [7, 11) is 0. The molecule has 2 aliphatic rings. The van der Waals surface area contributed by atoms with Crippen molar-refractivity contribution >= 4 is 51.5 Å². The third-order valence-corrected chi connectivity index (χ3v) is 8.12. The van der Waals surface area contributed by atoms with Crippen LogP contribution >= 0.6 is 11.3 Å². The summed E-state index contributed by atoms with van der Waals surface area (Å²) in [5.74, 6) is 0.00230. The van der Waals surface area contributed by atoms with Crippen LogP contribution in [0.1, 0.15) is 51.8 Å². The van der Waals surface area contributed by atoms with Gasteiger partial charge in [-0.25, -0.2) is 9.78 Å². The Balaban J connectivity index is 1.35. The fourth-order valence-electron chi connectivity index (χ4n) is 5.15. The molecule has 14 heteroatoms. The number of piperidine rings is 1. The van der Waals surface area contributed by atoms with E-state index in [1.165, 1.54) is 11.3 Å². The molecule has 5 N–H and O–H groups in total. The van der Waals surface area contributed by atoms with Crippen molar-refractivity contribution < 1.29 is 23.9 Å². The molecule has 0 spiro atoms. The topological polar surface area (TPSA) is 164 Å². The highest BCUT2D eigenvalue weighted by atomic mass is 32.1. The van der Waals surface area contributed by atoms with E-state index < -0.39 is 5.91 Å². The number of morpholine rings is 1. The van der Waals surface area contributed by atoms with Crippen molar-refractivity contribution in [3.05, 3.63) is 52.5 Å². The standard InChI is InChI=1S/C30H38N8O5S/c1-3-13-43-27-25(26(31)39)23(33-21-8-6-20(7-9-21)28(40)37-11-14-42-15-12-37)16-24(35-27)38-10-4-5-22(18-38)34-29(41)36-30-32-17-19(2)44-30/h6-9,16-17,22H,3-5,10-15,18H2,1-2H3,(H2,31,39)(H,33,35)(H2,32,34,36,41)/t22-/m1/s1. The first kappa shape index (κ1) is 31.0. The number of carbonyl (C=O) groups is 3. The zero-order valence-electron chi connectivity index (χ0n) is 24.9. The molecule has 1 aromatic carbocycles. The van der Waals surface area contributed by atoms with E-state index in [-0.39, 0.29) is 29.4 Å². The van der Waals surface area contributed by atoms with E-state index in [4.69, 9.17) is 20.2 Å². The molecule has 3 aromatic rings. The number of nitrogens with two attached hydrogens (primary N) is 1. The molecule has 0 saturated carbocycles. The minimum Gasteiger partial charge on any atom is -0.477 e. The first-order valence-corrected chi connectivity index (χ1v) is 15.6. The summed E-state index contributed by atoms with van der Waals surface area (Å²) in [6.07, 6.45) is 4.06. The minimum atomic E-state index is -0.677. The van der Waals surface area contributed by atoms with Crippen LogP contribution in [0.2, 0.25) is 0 Å². The molecule has 5 rings (SSSR count). The Bertz CT molecular complexity index is 1470. The highest BCUT2D eigenvalue weighted by molar-refractivity contribution is 7.15. The molecule has 0 aliphatic carbocycles. The lowest BCUT2D eigenvalue weighted by Crippen LogP contribution is -2.49. The number of benzene rings is 1. The smallest absolute Gasteiger partial charge is 0.321 e. The number of nitrogens with one attached hydrogen (secondary N) is 3. The molecule has 0 radical (unpaired) electrons. The highest BCUT2D eigenvalue weighted by Crippen LogP contribution is 2.33. The molecule has 4 amide bonds. The van der Waals surface area contributed by atoms with E-state index in [9.17, 15) is 14.4 Å². The van der Waals surface area contributed by atoms with Crippen molar-refractivity contribution in [2.75, 3.05) is 61.5 Å². The van der Waals surface area contributed by atoms with Gasteiger partial charge in [0.05, 0.1) is 25.5 Å². The van der Waals surface area contributed by atoms with Gasteiger partial charge in [0, 0.05) is 60.6 Å². The molecule has 2 fully saturated rings. The maximum atomic E-state index is 12.9. The Kier molecular flexibility index (Phi) is 10.1. The quantitative estimate of drug-likeness (QED) is 0.264. The van der Waals surface area contributed by atoms with Gasteiger partial charge in [0.2, 0.25) is 5.88 Å². The molecule has 44 heavy (non-hydrogen) atoms. The molecule has 13 nitrogen and oxygen atoms in total. The van der Waals surface area contributed by atoms with Crippen molar-refractivity contribution in [2.45, 2.75) is 39.2 Å². The molecular weight excluding hydrogens is 584 g/mol. The molecule has 2 aromatic heterocycles. The fourth-order valence-corrected chi connectivity index (χ4v) is 5.80. The van der Waals surface area contributed by atoms with Crippen LogP contribution in [-0.2, 0) is 4.74 Å². The number of hydrogen-bond acceptors (Lipinski definition) is 10. The third-order valence-electron chi connectivity index (χ3n) is 7.29. The second-order valence-electron chi connectivity index (χ2n) is 10.7. The van der Waals surface area contributed by atoms with Crippen molar-refractivity contribution in [1.29, 1.82) is 0 Å². The number of carbonyl (C=O) groups excluding carboxylic acids is 3. The summed E-state index contributed by atoms with van der Waals surface area (Å²) >= 11 is 1.41. The molecule has 0 bridgehead atoms. The Morgan fingerprint density at radius 2 is 1.93 bits per heavy atom. The van der Waals surface area contributed by atoms with Gasteiger partial charge in [0.15, 0.2) is 5.13 Å². The van der Waals surface area contributed by atoms with Gasteiger partial charge in [-0.1, -0.05) is 6.92 Å². The van der Waals surface area contributed by atoms with E-state index in [1.807, 2.05) is 13.8 Å². The van der Waals surface area contributed by atoms with Crippen molar-refractivity contribution in [3.8, 4) is 5.88 Å². The largest absolute Gasteiger partial charge is 0.477 e. The van der Waals surface area contributed by atoms with Gasteiger partial charge in [0.1, 0.15) is 11.4 Å². The number of ether oxygens (including phenoxy) is 2. The molecular formula is C30H38N8O5S. The average molecular weight is 623 g/mol. The van der Waals surface area contributed by atoms with Gasteiger partial charge in [-0.3, -0.25) is 14.9 Å². The lowest BCUT2D eigenvalue weighted by atomic mass is 10.1. The number of amides is 4. The Morgan fingerprint density at radius 1 is 1.16 bits per heavy atom. The number of rotatable bonds is 10. The van der Waals surface area contributed by atoms with Gasteiger partial charge < -0.3 is 35.6 Å². The van der Waals surface area contributed by atoms with Crippen LogP contribution in [-0.4, -0.2) is 84.8 Å². The van der Waals surface area contributed by atoms with Crippen molar-refractivity contribution in [3.63, 3.8) is 0 Å². The summed E-state index contributed by atoms with van der Waals surface area (Å²) in [6.45, 7) is 7.65. The van der Waals surface area contributed by atoms with Crippen molar-refractivity contribution in [2.24, 2.45) is 5.73 Å². The lowest BCUT2D eigenvalue weighted by molar-refractivity contribution is 0.0303. The van der Waals surface area contributed by atoms with E-state index >= 15 is 0 Å². The number of anilines is 4. The Morgan fingerprint density at radius 3 is 2.61 bits per heavy atom. The molecule has 0 unspecified atom stereocenters. The molecule has 4 heterocycles. The first-order chi connectivity index (χ1) is 21.3. The number of aromatic nitrogens is 2. The number of aryl methyl sites for hydroxylation is 1. The number of thiazole rings is 1. The van der Waals surface area contributed by atoms with Gasteiger partial charge in [-0.05, 0) is 50.5 Å². The highest BCUT2D eigenvalue weighted by Gasteiger charge is 2.27.